The van der Waals surface area contributed by atoms with Crippen LogP contribution in [0.3, 0.4) is 0 Å². The average molecular weight is 307 g/mol. The van der Waals surface area contributed by atoms with Crippen molar-refractivity contribution in [1.82, 2.24) is 10.2 Å². The van der Waals surface area contributed by atoms with E-state index in [9.17, 15) is 4.79 Å². The van der Waals surface area contributed by atoms with Gasteiger partial charge >= 0.3 is 0 Å². The van der Waals surface area contributed by atoms with Crippen LogP contribution in [-0.2, 0) is 0 Å². The van der Waals surface area contributed by atoms with Crippen LogP contribution >= 0.6 is 11.6 Å². The lowest BCUT2D eigenvalue weighted by Crippen LogP contribution is -2.13. The van der Waals surface area contributed by atoms with Gasteiger partial charge in [-0.25, -0.2) is 0 Å². The maximum atomic E-state index is 12.1. The lowest BCUT2D eigenvalue weighted by molar-refractivity contribution is 0.102. The van der Waals surface area contributed by atoms with Crippen LogP contribution in [0.2, 0.25) is 5.15 Å². The quantitative estimate of drug-likeness (QED) is 0.829. The molecule has 0 radical (unpaired) electrons. The second-order valence-electron chi connectivity index (χ2n) is 4.30. The molecule has 21 heavy (non-hydrogen) atoms. The highest BCUT2D eigenvalue weighted by atomic mass is 35.5. The highest BCUT2D eigenvalue weighted by molar-refractivity contribution is 6.29. The van der Waals surface area contributed by atoms with E-state index in [4.69, 9.17) is 22.1 Å². The first-order valence-corrected chi connectivity index (χ1v) is 6.81. The number of nitrogens with two attached hydrogens (primary N) is 1. The molecule has 0 bridgehead atoms. The summed E-state index contributed by atoms with van der Waals surface area (Å²) in [6.07, 6.45) is 0.886. The lowest BCUT2D eigenvalue weighted by Gasteiger charge is -2.09. The monoisotopic (exact) mass is 306 g/mol. The third kappa shape index (κ3) is 4.06. The van der Waals surface area contributed by atoms with Gasteiger partial charge in [0.25, 0.3) is 5.91 Å². The zero-order chi connectivity index (χ0) is 15.2. The number of benzene rings is 1. The summed E-state index contributed by atoms with van der Waals surface area (Å²) in [6, 6.07) is 7.98. The van der Waals surface area contributed by atoms with E-state index >= 15 is 0 Å². The van der Waals surface area contributed by atoms with E-state index in [1.807, 2.05) is 6.92 Å². The maximum absolute atomic E-state index is 12.1. The third-order valence-corrected chi connectivity index (χ3v) is 2.81. The number of nitrogens with one attached hydrogen (secondary N) is 1. The standard InChI is InChI=1S/C14H15ClN4O2/c1-2-7-21-11-4-3-9(8-10(11)16)14(20)17-13-6-5-12(15)18-19-13/h3-6,8H,2,7,16H2,1H3,(H,17,19,20). The van der Waals surface area contributed by atoms with Gasteiger partial charge in [0.1, 0.15) is 5.75 Å². The van der Waals surface area contributed by atoms with E-state index in [1.54, 1.807) is 30.3 Å². The summed E-state index contributed by atoms with van der Waals surface area (Å²) in [5, 5.41) is 10.3. The Labute approximate surface area is 127 Å². The number of halogens is 1. The molecule has 0 atom stereocenters. The smallest absolute Gasteiger partial charge is 0.256 e. The first-order valence-electron chi connectivity index (χ1n) is 6.43. The van der Waals surface area contributed by atoms with Gasteiger partial charge in [-0.3, -0.25) is 4.79 Å². The van der Waals surface area contributed by atoms with Crippen LogP contribution in [0.4, 0.5) is 11.5 Å². The van der Waals surface area contributed by atoms with Gasteiger partial charge in [0.2, 0.25) is 0 Å². The predicted molar refractivity (Wildman–Crippen MR) is 81.6 cm³/mol. The summed E-state index contributed by atoms with van der Waals surface area (Å²) in [6.45, 7) is 2.58. The van der Waals surface area contributed by atoms with Crippen molar-refractivity contribution >= 4 is 29.0 Å². The molecule has 6 nitrogen and oxygen atoms in total. The lowest BCUT2D eigenvalue weighted by atomic mass is 10.1. The molecule has 1 aromatic carbocycles. The second kappa shape index (κ2) is 6.90. The number of aromatic nitrogens is 2. The molecular weight excluding hydrogens is 292 g/mol. The van der Waals surface area contributed by atoms with Gasteiger partial charge in [0, 0.05) is 5.56 Å². The highest BCUT2D eigenvalue weighted by Crippen LogP contribution is 2.23. The van der Waals surface area contributed by atoms with Crippen molar-refractivity contribution in [2.75, 3.05) is 17.7 Å². The Balaban J connectivity index is 2.08. The fraction of sp³-hybridized carbons (Fsp3) is 0.214. The number of carbonyl (C=O) groups is 1. The number of hydrogen-bond donors (Lipinski definition) is 2. The van der Waals surface area contributed by atoms with Crippen LogP contribution < -0.4 is 15.8 Å². The molecule has 0 saturated heterocycles. The number of amides is 1. The number of carbonyl (C=O) groups excluding carboxylic acids is 1. The number of nitrogens with zero attached hydrogens (tertiary/aromatic N) is 2. The molecule has 0 aliphatic rings. The number of ether oxygens (including phenoxy) is 1. The molecule has 7 heteroatoms. The molecule has 0 aliphatic heterocycles. The Morgan fingerprint density at radius 2 is 2.14 bits per heavy atom. The largest absolute Gasteiger partial charge is 0.491 e. The van der Waals surface area contributed by atoms with Crippen LogP contribution in [-0.4, -0.2) is 22.7 Å². The average Bonchev–Trinajstić information content (AvgIpc) is 2.48. The van der Waals surface area contributed by atoms with Crippen LogP contribution in [0.15, 0.2) is 30.3 Å². The Bertz CT molecular complexity index is 631. The third-order valence-electron chi connectivity index (χ3n) is 2.61. The Kier molecular flexibility index (Phi) is 4.94. The summed E-state index contributed by atoms with van der Waals surface area (Å²) < 4.78 is 5.46. The fourth-order valence-corrected chi connectivity index (χ4v) is 1.71. The van der Waals surface area contributed by atoms with Crippen molar-refractivity contribution in [3.63, 3.8) is 0 Å². The molecule has 110 valence electrons. The minimum absolute atomic E-state index is 0.259. The van der Waals surface area contributed by atoms with Gasteiger partial charge in [0.15, 0.2) is 11.0 Å². The first-order chi connectivity index (χ1) is 10.1. The molecule has 1 heterocycles. The van der Waals surface area contributed by atoms with Gasteiger partial charge in [-0.2, -0.15) is 0 Å². The maximum Gasteiger partial charge on any atom is 0.256 e. The van der Waals surface area contributed by atoms with Gasteiger partial charge in [-0.15, -0.1) is 10.2 Å². The summed E-state index contributed by atoms with van der Waals surface area (Å²) in [4.78, 5) is 12.1. The van der Waals surface area contributed by atoms with E-state index in [-0.39, 0.29) is 11.1 Å². The molecule has 0 saturated carbocycles. The molecular formula is C14H15ClN4O2. The second-order valence-corrected chi connectivity index (χ2v) is 4.68. The van der Waals surface area contributed by atoms with E-state index in [0.717, 1.165) is 6.42 Å². The SMILES string of the molecule is CCCOc1ccc(C(=O)Nc2ccc(Cl)nn2)cc1N. The number of nitrogen functional groups attached to an aromatic ring is 1. The fourth-order valence-electron chi connectivity index (χ4n) is 1.60. The predicted octanol–water partition coefficient (Wildman–Crippen LogP) is 2.75. The first kappa shape index (κ1) is 15.1. The molecule has 2 aromatic rings. The number of anilines is 2. The van der Waals surface area contributed by atoms with Gasteiger partial charge in [-0.05, 0) is 36.8 Å². The van der Waals surface area contributed by atoms with Crippen molar-refractivity contribution in [3.05, 3.63) is 41.0 Å². The molecule has 0 unspecified atom stereocenters. The van der Waals surface area contributed by atoms with Crippen molar-refractivity contribution in [2.45, 2.75) is 13.3 Å². The van der Waals surface area contributed by atoms with Crippen molar-refractivity contribution in [1.29, 1.82) is 0 Å². The van der Waals surface area contributed by atoms with Gasteiger partial charge < -0.3 is 15.8 Å². The Hall–Kier alpha value is -2.34. The highest BCUT2D eigenvalue weighted by Gasteiger charge is 2.10. The Morgan fingerprint density at radius 1 is 1.33 bits per heavy atom. The summed E-state index contributed by atoms with van der Waals surface area (Å²) in [7, 11) is 0. The van der Waals surface area contributed by atoms with E-state index in [0.29, 0.717) is 29.4 Å². The normalized spacial score (nSPS) is 10.2. The zero-order valence-electron chi connectivity index (χ0n) is 11.5. The van der Waals surface area contributed by atoms with Crippen molar-refractivity contribution in [3.8, 4) is 5.75 Å². The number of rotatable bonds is 5. The summed E-state index contributed by atoms with van der Waals surface area (Å²) in [5.74, 6) is 0.550. The van der Waals surface area contributed by atoms with E-state index < -0.39 is 0 Å². The zero-order valence-corrected chi connectivity index (χ0v) is 12.2. The minimum atomic E-state index is -0.333. The van der Waals surface area contributed by atoms with Crippen LogP contribution in [0.5, 0.6) is 5.75 Å². The van der Waals surface area contributed by atoms with Crippen LogP contribution in [0, 0.1) is 0 Å². The molecule has 3 N–H and O–H groups in total. The summed E-state index contributed by atoms with van der Waals surface area (Å²) >= 11 is 5.63. The Morgan fingerprint density at radius 3 is 2.76 bits per heavy atom. The topological polar surface area (TPSA) is 90.1 Å². The molecule has 1 amide bonds. The molecule has 0 spiro atoms. The minimum Gasteiger partial charge on any atom is -0.491 e. The van der Waals surface area contributed by atoms with Crippen LogP contribution in [0.1, 0.15) is 23.7 Å². The molecule has 0 aliphatic carbocycles. The van der Waals surface area contributed by atoms with E-state index in [2.05, 4.69) is 15.5 Å². The number of hydrogen-bond acceptors (Lipinski definition) is 5. The molecule has 1 aromatic heterocycles. The van der Waals surface area contributed by atoms with Crippen molar-refractivity contribution in [2.24, 2.45) is 0 Å². The molecule has 0 fully saturated rings. The van der Waals surface area contributed by atoms with Gasteiger partial charge in [-0.1, -0.05) is 18.5 Å². The summed E-state index contributed by atoms with van der Waals surface area (Å²) in [5.41, 5.74) is 6.69. The molecule has 2 rings (SSSR count). The van der Waals surface area contributed by atoms with Crippen molar-refractivity contribution < 1.29 is 9.53 Å². The van der Waals surface area contributed by atoms with Gasteiger partial charge in [0.05, 0.1) is 12.3 Å². The van der Waals surface area contributed by atoms with Crippen LogP contribution in [0.25, 0.3) is 0 Å². The van der Waals surface area contributed by atoms with E-state index in [1.165, 1.54) is 0 Å².